The summed E-state index contributed by atoms with van der Waals surface area (Å²) < 4.78 is 7.08. The summed E-state index contributed by atoms with van der Waals surface area (Å²) >= 11 is 0. The van der Waals surface area contributed by atoms with E-state index in [0.717, 1.165) is 13.2 Å². The van der Waals surface area contributed by atoms with Gasteiger partial charge in [0, 0.05) is 0 Å². The molecule has 3 nitrogen and oxygen atoms in total. The first-order chi connectivity index (χ1) is 8.01. The predicted molar refractivity (Wildman–Crippen MR) is 75.1 cm³/mol. The summed E-state index contributed by atoms with van der Waals surface area (Å²) in [5, 5.41) is 0. The zero-order chi connectivity index (χ0) is 13.3. The maximum Gasteiger partial charge on any atom is 0.107 e. The number of likely N-dealkylation sites (N-methyl/N-ethyl adjacent to an activating group) is 1. The first-order valence-electron chi connectivity index (χ1n) is 7.14. The normalized spacial score (nSPS) is 14.3. The van der Waals surface area contributed by atoms with Crippen LogP contribution in [0, 0.1) is 0 Å². The van der Waals surface area contributed by atoms with E-state index in [2.05, 4.69) is 46.7 Å². The summed E-state index contributed by atoms with van der Waals surface area (Å²) in [5.41, 5.74) is 0. The lowest BCUT2D eigenvalue weighted by Gasteiger charge is -2.38. The summed E-state index contributed by atoms with van der Waals surface area (Å²) in [4.78, 5) is 2.11. The zero-order valence-electron chi connectivity index (χ0n) is 12.8. The molecule has 0 spiro atoms. The smallest absolute Gasteiger partial charge is 0.107 e. The molecule has 0 heterocycles. The van der Waals surface area contributed by atoms with Gasteiger partial charge >= 0.3 is 0 Å². The van der Waals surface area contributed by atoms with Gasteiger partial charge in [-0.05, 0) is 40.8 Å². The Kier molecular flexibility index (Phi) is 8.83. The molecule has 0 amide bonds. The Labute approximate surface area is 108 Å². The van der Waals surface area contributed by atoms with E-state index in [1.54, 1.807) is 0 Å². The van der Waals surface area contributed by atoms with Gasteiger partial charge < -0.3 is 9.22 Å². The molecular weight excluding hydrogens is 212 g/mol. The number of hydrogen-bond acceptors (Lipinski definition) is 2. The van der Waals surface area contributed by atoms with Crippen LogP contribution in [-0.2, 0) is 4.74 Å². The van der Waals surface area contributed by atoms with Crippen LogP contribution in [0.25, 0.3) is 0 Å². The lowest BCUT2D eigenvalue weighted by molar-refractivity contribution is -0.927. The summed E-state index contributed by atoms with van der Waals surface area (Å²) in [5.74, 6) is 0. The molecule has 0 aromatic rings. The summed E-state index contributed by atoms with van der Waals surface area (Å²) in [6.45, 7) is 14.8. The number of nitrogens with zero attached hydrogens (tertiary/aromatic N) is 2. The topological polar surface area (TPSA) is 12.5 Å². The highest BCUT2D eigenvalue weighted by molar-refractivity contribution is 4.47. The Morgan fingerprint density at radius 3 is 1.88 bits per heavy atom. The number of hydrogen-bond donors (Lipinski definition) is 0. The largest absolute Gasteiger partial charge is 0.358 e. The minimum absolute atomic E-state index is 0.219. The second-order valence-electron chi connectivity index (χ2n) is 5.26. The molecule has 0 aliphatic rings. The standard InChI is InChI=1S/C14H33N2O/c1-7-10-16(9-3,11-8-2)12-13-17-14(4)15(5)6/h14H,7-13H2,1-6H3/q+1. The average molecular weight is 245 g/mol. The van der Waals surface area contributed by atoms with E-state index in [9.17, 15) is 0 Å². The van der Waals surface area contributed by atoms with E-state index in [0.29, 0.717) is 0 Å². The van der Waals surface area contributed by atoms with Crippen LogP contribution in [0.15, 0.2) is 0 Å². The van der Waals surface area contributed by atoms with E-state index in [1.165, 1.54) is 37.0 Å². The third-order valence-corrected chi connectivity index (χ3v) is 3.72. The number of rotatable bonds is 10. The molecule has 0 aliphatic carbocycles. The van der Waals surface area contributed by atoms with E-state index < -0.39 is 0 Å². The van der Waals surface area contributed by atoms with Crippen LogP contribution < -0.4 is 0 Å². The van der Waals surface area contributed by atoms with Gasteiger partial charge in [0.05, 0.1) is 26.2 Å². The van der Waals surface area contributed by atoms with Crippen molar-refractivity contribution in [2.75, 3.05) is 46.9 Å². The van der Waals surface area contributed by atoms with Crippen LogP contribution in [0.5, 0.6) is 0 Å². The van der Waals surface area contributed by atoms with Gasteiger partial charge in [-0.2, -0.15) is 0 Å². The first kappa shape index (κ1) is 16.9. The maximum atomic E-state index is 5.86. The molecule has 1 atom stereocenters. The summed E-state index contributed by atoms with van der Waals surface area (Å²) in [6.07, 6.45) is 2.74. The van der Waals surface area contributed by atoms with Crippen molar-refractivity contribution in [1.82, 2.24) is 4.90 Å². The molecule has 0 saturated heterocycles. The highest BCUT2D eigenvalue weighted by atomic mass is 16.5. The molecule has 0 aromatic carbocycles. The van der Waals surface area contributed by atoms with Crippen molar-refractivity contribution in [3.05, 3.63) is 0 Å². The van der Waals surface area contributed by atoms with Crippen LogP contribution in [0.3, 0.4) is 0 Å². The van der Waals surface area contributed by atoms with Crippen molar-refractivity contribution in [2.45, 2.75) is 46.8 Å². The molecule has 17 heavy (non-hydrogen) atoms. The number of ether oxygens (including phenoxy) is 1. The van der Waals surface area contributed by atoms with E-state index in [4.69, 9.17) is 4.74 Å². The van der Waals surface area contributed by atoms with Crippen molar-refractivity contribution < 1.29 is 9.22 Å². The maximum absolute atomic E-state index is 5.86. The average Bonchev–Trinajstić information content (AvgIpc) is 2.29. The molecule has 104 valence electrons. The van der Waals surface area contributed by atoms with Crippen molar-refractivity contribution in [1.29, 1.82) is 0 Å². The lowest BCUT2D eigenvalue weighted by Crippen LogP contribution is -2.51. The Bertz CT molecular complexity index is 177. The summed E-state index contributed by atoms with van der Waals surface area (Å²) in [6, 6.07) is 0. The van der Waals surface area contributed by atoms with Gasteiger partial charge in [0.1, 0.15) is 12.8 Å². The fraction of sp³-hybridized carbons (Fsp3) is 1.00. The molecule has 0 bridgehead atoms. The van der Waals surface area contributed by atoms with E-state index in [1.807, 2.05) is 0 Å². The third-order valence-electron chi connectivity index (χ3n) is 3.72. The molecule has 0 rings (SSSR count). The van der Waals surface area contributed by atoms with Gasteiger partial charge in [-0.1, -0.05) is 13.8 Å². The van der Waals surface area contributed by atoms with Crippen LogP contribution >= 0.6 is 0 Å². The van der Waals surface area contributed by atoms with E-state index >= 15 is 0 Å². The Morgan fingerprint density at radius 1 is 1.00 bits per heavy atom. The molecule has 0 aromatic heterocycles. The second-order valence-corrected chi connectivity index (χ2v) is 5.26. The highest BCUT2D eigenvalue weighted by Gasteiger charge is 2.23. The second kappa shape index (κ2) is 8.90. The SMILES string of the molecule is CCC[N+](CC)(CCC)CCOC(C)N(C)C. The zero-order valence-corrected chi connectivity index (χ0v) is 12.8. The Morgan fingerprint density at radius 2 is 1.53 bits per heavy atom. The van der Waals surface area contributed by atoms with Gasteiger partial charge in [-0.25, -0.2) is 0 Å². The molecule has 0 aliphatic heterocycles. The number of quaternary nitrogens is 1. The molecule has 0 saturated carbocycles. The highest BCUT2D eigenvalue weighted by Crippen LogP contribution is 2.10. The Balaban J connectivity index is 4.15. The fourth-order valence-corrected chi connectivity index (χ4v) is 2.32. The summed E-state index contributed by atoms with van der Waals surface area (Å²) in [7, 11) is 4.12. The third kappa shape index (κ3) is 6.39. The van der Waals surface area contributed by atoms with Crippen molar-refractivity contribution in [3.63, 3.8) is 0 Å². The van der Waals surface area contributed by atoms with Crippen LogP contribution in [0.4, 0.5) is 0 Å². The predicted octanol–water partition coefficient (Wildman–Crippen LogP) is 2.57. The Hall–Kier alpha value is -0.120. The van der Waals surface area contributed by atoms with Crippen molar-refractivity contribution in [3.8, 4) is 0 Å². The van der Waals surface area contributed by atoms with Gasteiger partial charge in [0.15, 0.2) is 0 Å². The van der Waals surface area contributed by atoms with Gasteiger partial charge in [0.2, 0.25) is 0 Å². The molecule has 0 fully saturated rings. The monoisotopic (exact) mass is 245 g/mol. The van der Waals surface area contributed by atoms with Crippen LogP contribution in [-0.4, -0.2) is 62.5 Å². The van der Waals surface area contributed by atoms with Crippen LogP contribution in [0.1, 0.15) is 40.5 Å². The van der Waals surface area contributed by atoms with Crippen LogP contribution in [0.2, 0.25) is 0 Å². The minimum Gasteiger partial charge on any atom is -0.358 e. The first-order valence-corrected chi connectivity index (χ1v) is 7.14. The molecule has 3 heteroatoms. The lowest BCUT2D eigenvalue weighted by atomic mass is 10.2. The van der Waals surface area contributed by atoms with Gasteiger partial charge in [-0.15, -0.1) is 0 Å². The van der Waals surface area contributed by atoms with Crippen molar-refractivity contribution >= 4 is 0 Å². The molecule has 0 radical (unpaired) electrons. The van der Waals surface area contributed by atoms with Gasteiger partial charge in [0.25, 0.3) is 0 Å². The molecular formula is C14H33N2O+. The molecule has 0 N–H and O–H groups in total. The molecule has 1 unspecified atom stereocenters. The quantitative estimate of drug-likeness (QED) is 0.433. The minimum atomic E-state index is 0.219. The van der Waals surface area contributed by atoms with Gasteiger partial charge in [-0.3, -0.25) is 4.90 Å². The van der Waals surface area contributed by atoms with Crippen molar-refractivity contribution in [2.24, 2.45) is 0 Å². The fourth-order valence-electron chi connectivity index (χ4n) is 2.32. The van der Waals surface area contributed by atoms with E-state index in [-0.39, 0.29) is 6.23 Å².